The van der Waals surface area contributed by atoms with Crippen molar-refractivity contribution in [1.29, 1.82) is 0 Å². The Kier molecular flexibility index (Phi) is 6.34. The van der Waals surface area contributed by atoms with E-state index in [1.54, 1.807) is 0 Å². The number of aliphatic hydroxyl groups excluding tert-OH is 1. The van der Waals surface area contributed by atoms with Crippen LogP contribution in [0.3, 0.4) is 0 Å². The highest BCUT2D eigenvalue weighted by Crippen LogP contribution is 2.13. The van der Waals surface area contributed by atoms with Gasteiger partial charge < -0.3 is 9.84 Å². The molecule has 0 fully saturated rings. The number of ether oxygens (including phenoxy) is 1. The first-order valence-corrected chi connectivity index (χ1v) is 11.1. The van der Waals surface area contributed by atoms with Crippen molar-refractivity contribution in [1.82, 2.24) is 0 Å². The summed E-state index contributed by atoms with van der Waals surface area (Å²) in [7, 11) is -1.74. The van der Waals surface area contributed by atoms with Crippen molar-refractivity contribution in [3.8, 4) is 0 Å². The second-order valence-electron chi connectivity index (χ2n) is 6.46. The van der Waals surface area contributed by atoms with E-state index in [0.29, 0.717) is 13.2 Å². The summed E-state index contributed by atoms with van der Waals surface area (Å²) < 4.78 is 5.82. The molecule has 2 nitrogen and oxygen atoms in total. The average Bonchev–Trinajstić information content (AvgIpc) is 2.55. The molecule has 2 aromatic carbocycles. The summed E-state index contributed by atoms with van der Waals surface area (Å²) in [5, 5.41) is 11.5. The highest BCUT2D eigenvalue weighted by molar-refractivity contribution is 6.94. The first-order chi connectivity index (χ1) is 11.0. The quantitative estimate of drug-likeness (QED) is 0.787. The molecular weight excluding hydrogens is 300 g/mol. The van der Waals surface area contributed by atoms with E-state index in [1.165, 1.54) is 5.19 Å². The Balaban J connectivity index is 2.05. The molecule has 0 aromatic heterocycles. The summed E-state index contributed by atoms with van der Waals surface area (Å²) in [5.41, 5.74) is 4.39. The number of hydrogen-bond acceptors (Lipinski definition) is 2. The molecule has 0 bridgehead atoms. The van der Waals surface area contributed by atoms with E-state index in [2.05, 4.69) is 55.2 Å². The Bertz CT molecular complexity index is 619. The predicted molar refractivity (Wildman–Crippen MR) is 99.4 cm³/mol. The normalized spacial score (nSPS) is 13.8. The molecule has 0 saturated heterocycles. The fourth-order valence-electron chi connectivity index (χ4n) is 2.56. The Labute approximate surface area is 140 Å². The second kappa shape index (κ2) is 8.25. The van der Waals surface area contributed by atoms with Crippen LogP contribution in [0.4, 0.5) is 0 Å². The third-order valence-electron chi connectivity index (χ3n) is 3.98. The van der Waals surface area contributed by atoms with Crippen molar-refractivity contribution in [3.05, 3.63) is 77.5 Å². The zero-order valence-corrected chi connectivity index (χ0v) is 15.2. The Morgan fingerprint density at radius 3 is 2.17 bits per heavy atom. The van der Waals surface area contributed by atoms with Gasteiger partial charge in [0, 0.05) is 0 Å². The molecule has 2 rings (SSSR count). The molecule has 0 spiro atoms. The molecule has 1 unspecified atom stereocenters. The van der Waals surface area contributed by atoms with Crippen LogP contribution in [0.2, 0.25) is 13.1 Å². The second-order valence-corrected chi connectivity index (χ2v) is 10.8. The predicted octanol–water partition coefficient (Wildman–Crippen LogP) is 3.67. The smallest absolute Gasteiger partial charge is 0.104 e. The maximum atomic E-state index is 10.1. The molecule has 0 aliphatic heterocycles. The number of benzene rings is 2. The molecule has 1 atom stereocenters. The van der Waals surface area contributed by atoms with Crippen molar-refractivity contribution >= 4 is 13.3 Å². The van der Waals surface area contributed by atoms with Gasteiger partial charge in [0.05, 0.1) is 19.3 Å². The molecule has 0 aliphatic carbocycles. The largest absolute Gasteiger partial charge is 0.389 e. The molecule has 0 aliphatic rings. The van der Waals surface area contributed by atoms with Crippen LogP contribution in [0.5, 0.6) is 0 Å². The summed E-state index contributed by atoms with van der Waals surface area (Å²) in [4.78, 5) is 0. The molecule has 3 heteroatoms. The Morgan fingerprint density at radius 2 is 1.61 bits per heavy atom. The summed E-state index contributed by atoms with van der Waals surface area (Å²) in [6, 6.07) is 20.7. The minimum Gasteiger partial charge on any atom is -0.389 e. The lowest BCUT2D eigenvalue weighted by Crippen LogP contribution is -2.40. The van der Waals surface area contributed by atoms with Crippen LogP contribution >= 0.6 is 0 Å². The highest BCUT2D eigenvalue weighted by atomic mass is 28.3. The van der Waals surface area contributed by atoms with Crippen molar-refractivity contribution in [2.75, 3.05) is 6.61 Å². The molecular formula is C20H26O2Si. The SMILES string of the molecule is CC(O)/C(=C/[Si](C)(C)c1ccccc1)COCc1ccccc1. The summed E-state index contributed by atoms with van der Waals surface area (Å²) in [6.07, 6.45) is -0.485. The van der Waals surface area contributed by atoms with Gasteiger partial charge in [-0.25, -0.2) is 0 Å². The van der Waals surface area contributed by atoms with E-state index >= 15 is 0 Å². The fraction of sp³-hybridized carbons (Fsp3) is 0.300. The van der Waals surface area contributed by atoms with E-state index in [4.69, 9.17) is 4.74 Å². The number of hydrogen-bond donors (Lipinski definition) is 1. The van der Waals surface area contributed by atoms with Gasteiger partial charge in [-0.05, 0) is 18.1 Å². The summed E-state index contributed by atoms with van der Waals surface area (Å²) in [6.45, 7) is 7.44. The zero-order chi connectivity index (χ0) is 16.7. The van der Waals surface area contributed by atoms with Gasteiger partial charge in [0.25, 0.3) is 0 Å². The topological polar surface area (TPSA) is 29.5 Å². The van der Waals surface area contributed by atoms with Crippen LogP contribution in [0.25, 0.3) is 0 Å². The fourth-order valence-corrected chi connectivity index (χ4v) is 5.03. The van der Waals surface area contributed by atoms with Gasteiger partial charge in [0.1, 0.15) is 8.07 Å². The van der Waals surface area contributed by atoms with Gasteiger partial charge in [0.2, 0.25) is 0 Å². The monoisotopic (exact) mass is 326 g/mol. The van der Waals surface area contributed by atoms with E-state index < -0.39 is 14.2 Å². The zero-order valence-electron chi connectivity index (χ0n) is 14.2. The summed E-state index contributed by atoms with van der Waals surface area (Å²) >= 11 is 0. The van der Waals surface area contributed by atoms with Crippen LogP contribution < -0.4 is 5.19 Å². The minimum absolute atomic E-state index is 0.468. The van der Waals surface area contributed by atoms with Crippen LogP contribution in [-0.4, -0.2) is 25.9 Å². The molecule has 2 aromatic rings. The van der Waals surface area contributed by atoms with E-state index in [9.17, 15) is 5.11 Å². The first-order valence-electron chi connectivity index (χ1n) is 8.06. The van der Waals surface area contributed by atoms with Gasteiger partial charge in [-0.15, -0.1) is 0 Å². The van der Waals surface area contributed by atoms with Crippen molar-refractivity contribution in [2.24, 2.45) is 0 Å². The lowest BCUT2D eigenvalue weighted by atomic mass is 10.2. The van der Waals surface area contributed by atoms with Crippen LogP contribution in [0.1, 0.15) is 12.5 Å². The third-order valence-corrected chi connectivity index (χ3v) is 6.89. The van der Waals surface area contributed by atoms with Crippen LogP contribution in [0, 0.1) is 0 Å². The molecule has 0 saturated carbocycles. The maximum absolute atomic E-state index is 10.1. The molecule has 0 amide bonds. The van der Waals surface area contributed by atoms with E-state index in [-0.39, 0.29) is 0 Å². The Morgan fingerprint density at radius 1 is 1.04 bits per heavy atom. The van der Waals surface area contributed by atoms with Gasteiger partial charge in [-0.2, -0.15) is 0 Å². The third kappa shape index (κ3) is 5.47. The van der Waals surface area contributed by atoms with Crippen molar-refractivity contribution in [2.45, 2.75) is 32.7 Å². The van der Waals surface area contributed by atoms with Crippen LogP contribution in [-0.2, 0) is 11.3 Å². The summed E-state index contributed by atoms with van der Waals surface area (Å²) in [5.74, 6) is 0. The van der Waals surface area contributed by atoms with Crippen LogP contribution in [0.15, 0.2) is 71.9 Å². The standard InChI is InChI=1S/C20H26O2Si/c1-17(21)19(15-22-14-18-10-6-4-7-11-18)16-23(2,3)20-12-8-5-9-13-20/h4-13,16-17,21H,14-15H2,1-3H3/b19-16+. The van der Waals surface area contributed by atoms with Gasteiger partial charge in [0.15, 0.2) is 0 Å². The maximum Gasteiger partial charge on any atom is 0.104 e. The molecule has 0 heterocycles. The molecule has 0 radical (unpaired) electrons. The molecule has 23 heavy (non-hydrogen) atoms. The average molecular weight is 327 g/mol. The van der Waals surface area contributed by atoms with Crippen molar-refractivity contribution < 1.29 is 9.84 Å². The van der Waals surface area contributed by atoms with Gasteiger partial charge in [-0.1, -0.05) is 84.6 Å². The Hall–Kier alpha value is -1.68. The minimum atomic E-state index is -1.74. The van der Waals surface area contributed by atoms with E-state index in [0.717, 1.165) is 11.1 Å². The first kappa shape index (κ1) is 17.7. The number of rotatable bonds is 7. The lowest BCUT2D eigenvalue weighted by Gasteiger charge is -2.22. The molecule has 1 N–H and O–H groups in total. The highest BCUT2D eigenvalue weighted by Gasteiger charge is 2.22. The van der Waals surface area contributed by atoms with Gasteiger partial charge >= 0.3 is 0 Å². The van der Waals surface area contributed by atoms with Crippen molar-refractivity contribution in [3.63, 3.8) is 0 Å². The number of aliphatic hydroxyl groups is 1. The van der Waals surface area contributed by atoms with E-state index in [1.807, 2.05) is 31.2 Å². The van der Waals surface area contributed by atoms with Gasteiger partial charge in [-0.3, -0.25) is 0 Å². The molecule has 122 valence electrons. The lowest BCUT2D eigenvalue weighted by molar-refractivity contribution is 0.121.